The Hall–Kier alpha value is -0.860. The molecule has 21 heavy (non-hydrogen) atoms. The van der Waals surface area contributed by atoms with Gasteiger partial charge < -0.3 is 10.2 Å². The fourth-order valence-electron chi connectivity index (χ4n) is 5.71. The van der Waals surface area contributed by atoms with E-state index in [2.05, 4.69) is 25.1 Å². The van der Waals surface area contributed by atoms with Crippen LogP contribution in [-0.2, 0) is 13.0 Å². The lowest BCUT2D eigenvalue weighted by Crippen LogP contribution is -2.43. The Bertz CT molecular complexity index is 552. The van der Waals surface area contributed by atoms with E-state index in [4.69, 9.17) is 0 Å². The van der Waals surface area contributed by atoms with E-state index in [1.807, 2.05) is 0 Å². The first-order chi connectivity index (χ1) is 10.1. The average molecular weight is 286 g/mol. The minimum absolute atomic E-state index is 0.0818. The van der Waals surface area contributed by atoms with Gasteiger partial charge in [0.2, 0.25) is 0 Å². The van der Waals surface area contributed by atoms with Crippen LogP contribution in [0.3, 0.4) is 0 Å². The zero-order valence-corrected chi connectivity index (χ0v) is 12.9. The number of hydrogen-bond acceptors (Lipinski definition) is 2. The van der Waals surface area contributed by atoms with Gasteiger partial charge in [0.15, 0.2) is 0 Å². The molecular formula is C19H26O2. The second-order valence-corrected chi connectivity index (χ2v) is 7.74. The molecule has 0 amide bonds. The van der Waals surface area contributed by atoms with Gasteiger partial charge in [-0.25, -0.2) is 0 Å². The number of aliphatic hydroxyl groups is 2. The number of rotatable bonds is 1. The molecule has 5 atom stereocenters. The SMILES string of the molecule is C[C@]12CCC3c4ccc(CO)cc4CCC3C1CC[C@@H]2O. The zero-order valence-electron chi connectivity index (χ0n) is 12.9. The molecule has 2 heteroatoms. The minimum atomic E-state index is -0.0818. The molecule has 2 fully saturated rings. The highest BCUT2D eigenvalue weighted by Crippen LogP contribution is 2.60. The van der Waals surface area contributed by atoms with Crippen LogP contribution >= 0.6 is 0 Å². The lowest BCUT2D eigenvalue weighted by Gasteiger charge is -2.50. The fraction of sp³-hybridized carbons (Fsp3) is 0.684. The van der Waals surface area contributed by atoms with E-state index in [0.717, 1.165) is 24.3 Å². The molecule has 3 aliphatic rings. The summed E-state index contributed by atoms with van der Waals surface area (Å²) in [6, 6.07) is 6.58. The van der Waals surface area contributed by atoms with E-state index in [9.17, 15) is 10.2 Å². The summed E-state index contributed by atoms with van der Waals surface area (Å²) in [5.41, 5.74) is 4.21. The van der Waals surface area contributed by atoms with Crippen molar-refractivity contribution in [3.63, 3.8) is 0 Å². The Balaban J connectivity index is 1.68. The average Bonchev–Trinajstić information content (AvgIpc) is 2.82. The van der Waals surface area contributed by atoms with Gasteiger partial charge in [0.05, 0.1) is 12.7 Å². The molecule has 2 nitrogen and oxygen atoms in total. The predicted octanol–water partition coefficient (Wildman–Crippen LogP) is 3.40. The maximum atomic E-state index is 10.4. The van der Waals surface area contributed by atoms with E-state index in [1.165, 1.54) is 36.8 Å². The third-order valence-electron chi connectivity index (χ3n) is 6.92. The van der Waals surface area contributed by atoms with Crippen molar-refractivity contribution in [1.82, 2.24) is 0 Å². The maximum Gasteiger partial charge on any atom is 0.0681 e. The Labute approximate surface area is 127 Å². The first-order valence-electron chi connectivity index (χ1n) is 8.54. The summed E-state index contributed by atoms with van der Waals surface area (Å²) in [6.07, 6.45) is 6.93. The molecule has 0 aromatic heterocycles. The number of aliphatic hydroxyl groups excluding tert-OH is 2. The molecule has 2 saturated carbocycles. The zero-order chi connectivity index (χ0) is 14.6. The highest BCUT2D eigenvalue weighted by Gasteiger charge is 2.54. The molecule has 1 aromatic carbocycles. The standard InChI is InChI=1S/C19H26O2/c1-19-9-8-15-14-4-2-12(11-20)10-13(14)3-5-16(15)17(19)6-7-18(19)21/h2,4,10,15-18,20-21H,3,5-9,11H2,1H3/t15?,16?,17?,18-,19-/m0/s1. The van der Waals surface area contributed by atoms with Gasteiger partial charge in [0.1, 0.15) is 0 Å². The second kappa shape index (κ2) is 4.82. The van der Waals surface area contributed by atoms with E-state index >= 15 is 0 Å². The minimum Gasteiger partial charge on any atom is -0.393 e. The molecule has 114 valence electrons. The van der Waals surface area contributed by atoms with Crippen LogP contribution in [0.5, 0.6) is 0 Å². The van der Waals surface area contributed by atoms with Gasteiger partial charge in [0, 0.05) is 0 Å². The number of benzene rings is 1. The largest absolute Gasteiger partial charge is 0.393 e. The van der Waals surface area contributed by atoms with Crippen molar-refractivity contribution in [2.24, 2.45) is 17.3 Å². The number of fused-ring (bicyclic) bond motifs is 5. The van der Waals surface area contributed by atoms with Gasteiger partial charge in [-0.1, -0.05) is 25.1 Å². The van der Waals surface area contributed by atoms with Crippen molar-refractivity contribution in [3.8, 4) is 0 Å². The molecule has 4 rings (SSSR count). The molecule has 0 radical (unpaired) electrons. The summed E-state index contributed by atoms with van der Waals surface area (Å²) < 4.78 is 0. The topological polar surface area (TPSA) is 40.5 Å². The summed E-state index contributed by atoms with van der Waals surface area (Å²) in [6.45, 7) is 2.48. The third-order valence-corrected chi connectivity index (χ3v) is 6.92. The molecule has 2 N–H and O–H groups in total. The van der Waals surface area contributed by atoms with Crippen molar-refractivity contribution in [2.75, 3.05) is 0 Å². The highest BCUT2D eigenvalue weighted by atomic mass is 16.3. The molecule has 0 bridgehead atoms. The van der Waals surface area contributed by atoms with Crippen LogP contribution < -0.4 is 0 Å². The first-order valence-corrected chi connectivity index (χ1v) is 8.54. The van der Waals surface area contributed by atoms with Gasteiger partial charge in [-0.05, 0) is 78.4 Å². The fourth-order valence-corrected chi connectivity index (χ4v) is 5.71. The quantitative estimate of drug-likeness (QED) is 0.830. The normalized spacial score (nSPS) is 41.3. The Morgan fingerprint density at radius 2 is 2.05 bits per heavy atom. The molecule has 1 aromatic rings. The van der Waals surface area contributed by atoms with Crippen LogP contribution in [0.15, 0.2) is 18.2 Å². The van der Waals surface area contributed by atoms with Crippen LogP contribution in [0.4, 0.5) is 0 Å². The summed E-state index contributed by atoms with van der Waals surface area (Å²) in [5, 5.41) is 19.7. The van der Waals surface area contributed by atoms with Crippen molar-refractivity contribution in [1.29, 1.82) is 0 Å². The third kappa shape index (κ3) is 1.92. The van der Waals surface area contributed by atoms with Gasteiger partial charge in [-0.2, -0.15) is 0 Å². The van der Waals surface area contributed by atoms with Crippen LogP contribution in [0.25, 0.3) is 0 Å². The smallest absolute Gasteiger partial charge is 0.0681 e. The monoisotopic (exact) mass is 286 g/mol. The predicted molar refractivity (Wildman–Crippen MR) is 83.0 cm³/mol. The van der Waals surface area contributed by atoms with E-state index in [-0.39, 0.29) is 18.1 Å². The summed E-state index contributed by atoms with van der Waals surface area (Å²) >= 11 is 0. The van der Waals surface area contributed by atoms with Crippen LogP contribution in [0.1, 0.15) is 61.6 Å². The van der Waals surface area contributed by atoms with Gasteiger partial charge in [-0.3, -0.25) is 0 Å². The van der Waals surface area contributed by atoms with Crippen molar-refractivity contribution >= 4 is 0 Å². The molecule has 0 saturated heterocycles. The molecule has 0 heterocycles. The first kappa shape index (κ1) is 13.8. The Kier molecular flexibility index (Phi) is 3.16. The highest BCUT2D eigenvalue weighted by molar-refractivity contribution is 5.38. The summed E-state index contributed by atoms with van der Waals surface area (Å²) in [7, 11) is 0. The van der Waals surface area contributed by atoms with Gasteiger partial charge >= 0.3 is 0 Å². The Morgan fingerprint density at radius 3 is 2.86 bits per heavy atom. The van der Waals surface area contributed by atoms with Crippen LogP contribution in [-0.4, -0.2) is 16.3 Å². The van der Waals surface area contributed by atoms with Gasteiger partial charge in [-0.15, -0.1) is 0 Å². The number of aryl methyl sites for hydroxylation is 1. The molecular weight excluding hydrogens is 260 g/mol. The van der Waals surface area contributed by atoms with Crippen molar-refractivity contribution < 1.29 is 10.2 Å². The van der Waals surface area contributed by atoms with Crippen molar-refractivity contribution in [2.45, 2.75) is 64.1 Å². The molecule has 3 aliphatic carbocycles. The molecule has 0 spiro atoms. The molecule has 3 unspecified atom stereocenters. The lowest BCUT2D eigenvalue weighted by atomic mass is 9.55. The van der Waals surface area contributed by atoms with Crippen LogP contribution in [0.2, 0.25) is 0 Å². The van der Waals surface area contributed by atoms with Crippen molar-refractivity contribution in [3.05, 3.63) is 34.9 Å². The Morgan fingerprint density at radius 1 is 1.19 bits per heavy atom. The van der Waals surface area contributed by atoms with Crippen LogP contribution in [0, 0.1) is 17.3 Å². The van der Waals surface area contributed by atoms with Gasteiger partial charge in [0.25, 0.3) is 0 Å². The molecule has 0 aliphatic heterocycles. The summed E-state index contributed by atoms with van der Waals surface area (Å²) in [4.78, 5) is 0. The number of hydrogen-bond donors (Lipinski definition) is 2. The maximum absolute atomic E-state index is 10.4. The van der Waals surface area contributed by atoms with E-state index in [0.29, 0.717) is 11.8 Å². The summed E-state index contributed by atoms with van der Waals surface area (Å²) in [5.74, 6) is 2.15. The van der Waals surface area contributed by atoms with E-state index < -0.39 is 0 Å². The second-order valence-electron chi connectivity index (χ2n) is 7.74. The van der Waals surface area contributed by atoms with E-state index in [1.54, 1.807) is 0 Å². The lowest BCUT2D eigenvalue weighted by molar-refractivity contribution is -0.0226.